The lowest BCUT2D eigenvalue weighted by Crippen LogP contribution is -2.36. The molecular formula is C23H23F2N5O. The molecule has 1 N–H and O–H groups in total. The van der Waals surface area contributed by atoms with Crippen molar-refractivity contribution in [3.8, 4) is 16.8 Å². The fraction of sp³-hybridized carbons (Fsp3) is 0.304. The second-order valence-electron chi connectivity index (χ2n) is 8.34. The van der Waals surface area contributed by atoms with Gasteiger partial charge in [0, 0.05) is 36.8 Å². The molecule has 31 heavy (non-hydrogen) atoms. The predicted octanol–water partition coefficient (Wildman–Crippen LogP) is 4.78. The molecule has 0 atom stereocenters. The molecule has 0 amide bonds. The quantitative estimate of drug-likeness (QED) is 0.513. The summed E-state index contributed by atoms with van der Waals surface area (Å²) in [5.74, 6) is -0.130. The van der Waals surface area contributed by atoms with Crippen molar-refractivity contribution < 1.29 is 13.5 Å². The van der Waals surface area contributed by atoms with Gasteiger partial charge in [-0.15, -0.1) is 10.2 Å². The van der Waals surface area contributed by atoms with Gasteiger partial charge in [-0.3, -0.25) is 4.57 Å². The van der Waals surface area contributed by atoms with Crippen molar-refractivity contribution >= 4 is 16.6 Å². The zero-order valence-corrected chi connectivity index (χ0v) is 17.8. The number of ether oxygens (including phenoxy) is 1. The Kier molecular flexibility index (Phi) is 4.37. The summed E-state index contributed by atoms with van der Waals surface area (Å²) in [5.41, 5.74) is 1.34. The molecular weight excluding hydrogens is 400 g/mol. The molecule has 0 unspecified atom stereocenters. The molecule has 0 saturated carbocycles. The van der Waals surface area contributed by atoms with E-state index in [1.54, 1.807) is 24.7 Å². The van der Waals surface area contributed by atoms with E-state index >= 15 is 8.78 Å². The lowest BCUT2D eigenvalue weighted by molar-refractivity contribution is 0.188. The summed E-state index contributed by atoms with van der Waals surface area (Å²) in [4.78, 5) is 0. The Morgan fingerprint density at radius 2 is 1.97 bits per heavy atom. The van der Waals surface area contributed by atoms with Crippen LogP contribution in [0.25, 0.3) is 27.7 Å². The van der Waals surface area contributed by atoms with Gasteiger partial charge in [0.05, 0.1) is 23.4 Å². The average Bonchev–Trinajstić information content (AvgIpc) is 3.31. The topological polar surface area (TPSA) is 56.9 Å². The number of nitrogens with one attached hydrogen (secondary N) is 1. The number of anilines is 1. The summed E-state index contributed by atoms with van der Waals surface area (Å²) in [7, 11) is 1.64. The number of fused-ring (bicyclic) bond motifs is 4. The number of hydrogen-bond donors (Lipinski definition) is 1. The van der Waals surface area contributed by atoms with E-state index in [4.69, 9.17) is 4.74 Å². The second kappa shape index (κ2) is 6.88. The SMILES string of the molecule is COCCn1ccc2c(-c3c(F)cc4c(c3F)-n3c(C)nnc3C(C)(C)N4)cccc21. The monoisotopic (exact) mass is 423 g/mol. The molecule has 1 aliphatic rings. The van der Waals surface area contributed by atoms with E-state index in [-0.39, 0.29) is 11.3 Å². The van der Waals surface area contributed by atoms with Crippen molar-refractivity contribution in [3.05, 3.63) is 59.8 Å². The highest BCUT2D eigenvalue weighted by molar-refractivity contribution is 5.97. The van der Waals surface area contributed by atoms with E-state index in [9.17, 15) is 0 Å². The summed E-state index contributed by atoms with van der Waals surface area (Å²) in [6.07, 6.45) is 1.91. The number of aryl methyl sites for hydroxylation is 1. The van der Waals surface area contributed by atoms with E-state index < -0.39 is 17.2 Å². The van der Waals surface area contributed by atoms with Gasteiger partial charge in [-0.25, -0.2) is 8.78 Å². The van der Waals surface area contributed by atoms with Gasteiger partial charge in [0.15, 0.2) is 11.6 Å². The first-order valence-corrected chi connectivity index (χ1v) is 10.1. The van der Waals surface area contributed by atoms with Crippen molar-refractivity contribution in [2.75, 3.05) is 19.0 Å². The highest BCUT2D eigenvalue weighted by atomic mass is 19.1. The third-order valence-electron chi connectivity index (χ3n) is 5.87. The number of nitrogens with zero attached hydrogens (tertiary/aromatic N) is 4. The Bertz CT molecular complexity index is 1320. The summed E-state index contributed by atoms with van der Waals surface area (Å²) < 4.78 is 40.3. The molecule has 8 heteroatoms. The smallest absolute Gasteiger partial charge is 0.162 e. The number of benzene rings is 2. The van der Waals surface area contributed by atoms with Crippen molar-refractivity contribution in [2.45, 2.75) is 32.9 Å². The maximum absolute atomic E-state index is 16.0. The molecule has 1 aliphatic heterocycles. The van der Waals surface area contributed by atoms with Gasteiger partial charge in [0.2, 0.25) is 0 Å². The molecule has 0 spiro atoms. The van der Waals surface area contributed by atoms with Gasteiger partial charge in [-0.1, -0.05) is 12.1 Å². The molecule has 6 nitrogen and oxygen atoms in total. The minimum absolute atomic E-state index is 0.0607. The Morgan fingerprint density at radius 1 is 1.16 bits per heavy atom. The fourth-order valence-corrected chi connectivity index (χ4v) is 4.42. The number of hydrogen-bond acceptors (Lipinski definition) is 4. The molecule has 0 fully saturated rings. The normalized spacial score (nSPS) is 14.4. The number of halogens is 2. The molecule has 0 aliphatic carbocycles. The third kappa shape index (κ3) is 2.85. The fourth-order valence-electron chi connectivity index (χ4n) is 4.42. The molecule has 160 valence electrons. The zero-order chi connectivity index (χ0) is 21.9. The van der Waals surface area contributed by atoms with E-state index in [2.05, 4.69) is 15.5 Å². The van der Waals surface area contributed by atoms with E-state index in [0.717, 1.165) is 10.9 Å². The first-order chi connectivity index (χ1) is 14.8. The molecule has 0 bridgehead atoms. The highest BCUT2D eigenvalue weighted by Crippen LogP contribution is 2.43. The van der Waals surface area contributed by atoms with Crippen LogP contribution in [0.1, 0.15) is 25.5 Å². The lowest BCUT2D eigenvalue weighted by Gasteiger charge is -2.34. The van der Waals surface area contributed by atoms with Crippen LogP contribution in [0.5, 0.6) is 0 Å². The first kappa shape index (κ1) is 19.7. The Morgan fingerprint density at radius 3 is 2.74 bits per heavy atom. The van der Waals surface area contributed by atoms with Crippen LogP contribution in [0.15, 0.2) is 36.5 Å². The van der Waals surface area contributed by atoms with Gasteiger partial charge in [0.25, 0.3) is 0 Å². The number of aromatic nitrogens is 4. The number of methoxy groups -OCH3 is 1. The molecule has 0 radical (unpaired) electrons. The van der Waals surface area contributed by atoms with Crippen LogP contribution in [-0.2, 0) is 16.8 Å². The van der Waals surface area contributed by atoms with Gasteiger partial charge in [0.1, 0.15) is 17.3 Å². The molecule has 2 aromatic heterocycles. The minimum atomic E-state index is -0.640. The van der Waals surface area contributed by atoms with E-state index in [0.29, 0.717) is 36.1 Å². The van der Waals surface area contributed by atoms with Crippen LogP contribution in [0.2, 0.25) is 0 Å². The van der Waals surface area contributed by atoms with Crippen LogP contribution in [0.3, 0.4) is 0 Å². The van der Waals surface area contributed by atoms with E-state index in [1.807, 2.05) is 42.8 Å². The third-order valence-corrected chi connectivity index (χ3v) is 5.87. The van der Waals surface area contributed by atoms with Crippen molar-refractivity contribution in [3.63, 3.8) is 0 Å². The average molecular weight is 423 g/mol. The van der Waals surface area contributed by atoms with Crippen LogP contribution >= 0.6 is 0 Å². The van der Waals surface area contributed by atoms with Gasteiger partial charge in [-0.05, 0) is 38.5 Å². The minimum Gasteiger partial charge on any atom is -0.383 e. The molecule has 2 aromatic carbocycles. The number of rotatable bonds is 4. The van der Waals surface area contributed by atoms with Gasteiger partial charge in [-0.2, -0.15) is 0 Å². The lowest BCUT2D eigenvalue weighted by atomic mass is 9.95. The zero-order valence-electron chi connectivity index (χ0n) is 17.8. The Balaban J connectivity index is 1.76. The summed E-state index contributed by atoms with van der Waals surface area (Å²) >= 11 is 0. The molecule has 5 rings (SSSR count). The van der Waals surface area contributed by atoms with Gasteiger partial charge >= 0.3 is 0 Å². The van der Waals surface area contributed by atoms with E-state index in [1.165, 1.54) is 6.07 Å². The molecule has 4 aromatic rings. The van der Waals surface area contributed by atoms with Gasteiger partial charge < -0.3 is 14.6 Å². The second-order valence-corrected chi connectivity index (χ2v) is 8.34. The highest BCUT2D eigenvalue weighted by Gasteiger charge is 2.37. The Hall–Kier alpha value is -3.26. The maximum atomic E-state index is 16.0. The molecule has 0 saturated heterocycles. The standard InChI is InChI=1S/C23H23F2N5O/c1-13-27-28-22-23(2,3)26-17-12-16(24)19(20(25)21(17)30(13)22)15-6-5-7-18-14(15)8-9-29(18)10-11-31-4/h5-9,12,26H,10-11H2,1-4H3. The summed E-state index contributed by atoms with van der Waals surface area (Å²) in [5, 5.41) is 12.4. The van der Waals surface area contributed by atoms with Crippen LogP contribution in [0, 0.1) is 18.6 Å². The largest absolute Gasteiger partial charge is 0.383 e. The summed E-state index contributed by atoms with van der Waals surface area (Å²) in [6.45, 7) is 6.78. The summed E-state index contributed by atoms with van der Waals surface area (Å²) in [6, 6.07) is 8.75. The first-order valence-electron chi connectivity index (χ1n) is 10.1. The maximum Gasteiger partial charge on any atom is 0.162 e. The van der Waals surface area contributed by atoms with Crippen LogP contribution < -0.4 is 5.32 Å². The van der Waals surface area contributed by atoms with Crippen molar-refractivity contribution in [1.29, 1.82) is 0 Å². The Labute approximate surface area is 178 Å². The van der Waals surface area contributed by atoms with Crippen LogP contribution in [0.4, 0.5) is 14.5 Å². The van der Waals surface area contributed by atoms with Crippen LogP contribution in [-0.4, -0.2) is 33.0 Å². The predicted molar refractivity (Wildman–Crippen MR) is 115 cm³/mol. The molecule has 3 heterocycles. The van der Waals surface area contributed by atoms with Crippen molar-refractivity contribution in [1.82, 2.24) is 19.3 Å². The van der Waals surface area contributed by atoms with Crippen molar-refractivity contribution in [2.24, 2.45) is 0 Å².